The van der Waals surface area contributed by atoms with E-state index in [4.69, 9.17) is 4.74 Å². The highest BCUT2D eigenvalue weighted by Gasteiger charge is 2.15. The van der Waals surface area contributed by atoms with E-state index in [1.54, 1.807) is 19.6 Å². The fourth-order valence-electron chi connectivity index (χ4n) is 2.70. The number of nitrogens with zero attached hydrogens (tertiary/aromatic N) is 2. The molecule has 1 amide bonds. The molecule has 1 atom stereocenters. The Kier molecular flexibility index (Phi) is 5.46. The second-order valence-corrected chi connectivity index (χ2v) is 5.82. The standard InChI is InChI=1S/C20H21N3O2/c1-25-18-9-7-16(8-10-18)13-20(24)22-19(14-23-12-11-21-15-23)17-5-3-2-4-6-17/h2-12,15,19H,13-14H2,1H3,(H,22,24)/t19-/m1/s1. The number of ether oxygens (including phenoxy) is 1. The largest absolute Gasteiger partial charge is 0.497 e. The Morgan fingerprint density at radius 2 is 1.92 bits per heavy atom. The average Bonchev–Trinajstić information content (AvgIpc) is 3.16. The number of nitrogens with one attached hydrogen (secondary N) is 1. The van der Waals surface area contributed by atoms with E-state index in [-0.39, 0.29) is 11.9 Å². The minimum Gasteiger partial charge on any atom is -0.497 e. The highest BCUT2D eigenvalue weighted by atomic mass is 16.5. The Labute approximate surface area is 147 Å². The summed E-state index contributed by atoms with van der Waals surface area (Å²) in [5.74, 6) is 0.769. The van der Waals surface area contributed by atoms with Crippen molar-refractivity contribution in [3.8, 4) is 5.75 Å². The van der Waals surface area contributed by atoms with Crippen molar-refractivity contribution >= 4 is 5.91 Å². The summed E-state index contributed by atoms with van der Waals surface area (Å²) >= 11 is 0. The molecule has 1 heterocycles. The molecule has 0 radical (unpaired) electrons. The first-order valence-corrected chi connectivity index (χ1v) is 8.17. The van der Waals surface area contributed by atoms with Crippen molar-refractivity contribution in [1.82, 2.24) is 14.9 Å². The van der Waals surface area contributed by atoms with Gasteiger partial charge in [0.25, 0.3) is 0 Å². The van der Waals surface area contributed by atoms with E-state index in [1.807, 2.05) is 65.4 Å². The zero-order valence-electron chi connectivity index (χ0n) is 14.1. The summed E-state index contributed by atoms with van der Waals surface area (Å²) in [6.07, 6.45) is 5.72. The molecule has 0 saturated carbocycles. The van der Waals surface area contributed by atoms with Crippen LogP contribution in [0.2, 0.25) is 0 Å². The van der Waals surface area contributed by atoms with Gasteiger partial charge in [-0.05, 0) is 23.3 Å². The molecule has 0 aliphatic carbocycles. The summed E-state index contributed by atoms with van der Waals surface area (Å²) in [4.78, 5) is 16.6. The van der Waals surface area contributed by atoms with Gasteiger partial charge in [-0.25, -0.2) is 4.98 Å². The fraction of sp³-hybridized carbons (Fsp3) is 0.200. The van der Waals surface area contributed by atoms with Gasteiger partial charge in [-0.3, -0.25) is 4.79 Å². The Balaban J connectivity index is 1.69. The molecule has 0 fully saturated rings. The number of carbonyl (C=O) groups excluding carboxylic acids is 1. The zero-order chi connectivity index (χ0) is 17.5. The van der Waals surface area contributed by atoms with E-state index in [2.05, 4.69) is 10.3 Å². The van der Waals surface area contributed by atoms with Gasteiger partial charge in [-0.2, -0.15) is 0 Å². The molecule has 0 aliphatic heterocycles. The molecular formula is C20H21N3O2. The van der Waals surface area contributed by atoms with Crippen molar-refractivity contribution in [2.75, 3.05) is 7.11 Å². The van der Waals surface area contributed by atoms with Gasteiger partial charge in [0, 0.05) is 18.9 Å². The summed E-state index contributed by atoms with van der Waals surface area (Å²) in [5, 5.41) is 3.13. The molecule has 2 aromatic carbocycles. The van der Waals surface area contributed by atoms with E-state index >= 15 is 0 Å². The lowest BCUT2D eigenvalue weighted by molar-refractivity contribution is -0.121. The number of carbonyl (C=O) groups is 1. The first kappa shape index (κ1) is 16.8. The van der Waals surface area contributed by atoms with Gasteiger partial charge in [0.1, 0.15) is 5.75 Å². The number of methoxy groups -OCH3 is 1. The predicted molar refractivity (Wildman–Crippen MR) is 96.3 cm³/mol. The monoisotopic (exact) mass is 335 g/mol. The van der Waals surface area contributed by atoms with Crippen LogP contribution in [0.5, 0.6) is 5.75 Å². The van der Waals surface area contributed by atoms with E-state index in [0.717, 1.165) is 16.9 Å². The van der Waals surface area contributed by atoms with Gasteiger partial charge < -0.3 is 14.6 Å². The predicted octanol–water partition coefficient (Wildman–Crippen LogP) is 2.99. The molecule has 0 aliphatic rings. The van der Waals surface area contributed by atoms with Crippen LogP contribution in [0.1, 0.15) is 17.2 Å². The van der Waals surface area contributed by atoms with Gasteiger partial charge >= 0.3 is 0 Å². The molecule has 0 saturated heterocycles. The highest BCUT2D eigenvalue weighted by Crippen LogP contribution is 2.16. The lowest BCUT2D eigenvalue weighted by Crippen LogP contribution is -2.32. The number of rotatable bonds is 7. The van der Waals surface area contributed by atoms with Crippen LogP contribution in [0.4, 0.5) is 0 Å². The van der Waals surface area contributed by atoms with E-state index in [0.29, 0.717) is 13.0 Å². The zero-order valence-corrected chi connectivity index (χ0v) is 14.1. The number of hydrogen-bond acceptors (Lipinski definition) is 3. The molecule has 0 unspecified atom stereocenters. The normalized spacial score (nSPS) is 11.7. The van der Waals surface area contributed by atoms with Gasteiger partial charge in [0.2, 0.25) is 5.91 Å². The maximum Gasteiger partial charge on any atom is 0.224 e. The highest BCUT2D eigenvalue weighted by molar-refractivity contribution is 5.79. The maximum absolute atomic E-state index is 12.5. The number of amides is 1. The van der Waals surface area contributed by atoms with Crippen molar-refractivity contribution in [2.24, 2.45) is 0 Å². The fourth-order valence-corrected chi connectivity index (χ4v) is 2.70. The molecular weight excluding hydrogens is 314 g/mol. The van der Waals surface area contributed by atoms with E-state index < -0.39 is 0 Å². The second kappa shape index (κ2) is 8.15. The SMILES string of the molecule is COc1ccc(CC(=O)N[C@H](Cn2ccnc2)c2ccccc2)cc1. The van der Waals surface area contributed by atoms with Crippen molar-refractivity contribution in [1.29, 1.82) is 0 Å². The first-order valence-electron chi connectivity index (χ1n) is 8.17. The van der Waals surface area contributed by atoms with Crippen molar-refractivity contribution < 1.29 is 9.53 Å². The number of hydrogen-bond donors (Lipinski definition) is 1. The summed E-state index contributed by atoms with van der Waals surface area (Å²) in [6, 6.07) is 17.4. The van der Waals surface area contributed by atoms with E-state index in [1.165, 1.54) is 0 Å². The van der Waals surface area contributed by atoms with Gasteiger partial charge in [-0.15, -0.1) is 0 Å². The van der Waals surface area contributed by atoms with E-state index in [9.17, 15) is 4.79 Å². The Morgan fingerprint density at radius 3 is 2.56 bits per heavy atom. The van der Waals surface area contributed by atoms with Crippen LogP contribution < -0.4 is 10.1 Å². The summed E-state index contributed by atoms with van der Waals surface area (Å²) in [6.45, 7) is 0.637. The van der Waals surface area contributed by atoms with Crippen LogP contribution in [0.15, 0.2) is 73.3 Å². The van der Waals surface area contributed by atoms with Gasteiger partial charge in [0.05, 0.1) is 25.9 Å². The lowest BCUT2D eigenvalue weighted by Gasteiger charge is -2.20. The van der Waals surface area contributed by atoms with Gasteiger partial charge in [-0.1, -0.05) is 42.5 Å². The molecule has 0 spiro atoms. The summed E-state index contributed by atoms with van der Waals surface area (Å²) < 4.78 is 7.11. The van der Waals surface area contributed by atoms with Crippen LogP contribution >= 0.6 is 0 Å². The van der Waals surface area contributed by atoms with Crippen molar-refractivity contribution in [2.45, 2.75) is 19.0 Å². The topological polar surface area (TPSA) is 56.1 Å². The second-order valence-electron chi connectivity index (χ2n) is 5.82. The molecule has 5 heteroatoms. The van der Waals surface area contributed by atoms with Crippen LogP contribution in [-0.4, -0.2) is 22.6 Å². The summed E-state index contributed by atoms with van der Waals surface area (Å²) in [7, 11) is 1.63. The van der Waals surface area contributed by atoms with Crippen molar-refractivity contribution in [3.63, 3.8) is 0 Å². The molecule has 3 rings (SSSR count). The molecule has 1 aromatic heterocycles. The third-order valence-corrected chi connectivity index (χ3v) is 4.01. The first-order chi connectivity index (χ1) is 12.2. The van der Waals surface area contributed by atoms with Crippen molar-refractivity contribution in [3.05, 3.63) is 84.4 Å². The molecule has 1 N–H and O–H groups in total. The van der Waals surface area contributed by atoms with Crippen LogP contribution in [0.3, 0.4) is 0 Å². The molecule has 3 aromatic rings. The third-order valence-electron chi connectivity index (χ3n) is 4.01. The smallest absolute Gasteiger partial charge is 0.224 e. The quantitative estimate of drug-likeness (QED) is 0.722. The molecule has 5 nitrogen and oxygen atoms in total. The average molecular weight is 335 g/mol. The van der Waals surface area contributed by atoms with Crippen LogP contribution in [0.25, 0.3) is 0 Å². The summed E-state index contributed by atoms with van der Waals surface area (Å²) in [5.41, 5.74) is 2.02. The minimum absolute atomic E-state index is 0.0147. The number of imidazole rings is 1. The maximum atomic E-state index is 12.5. The van der Waals surface area contributed by atoms with Gasteiger partial charge in [0.15, 0.2) is 0 Å². The molecule has 128 valence electrons. The van der Waals surface area contributed by atoms with Crippen LogP contribution in [-0.2, 0) is 17.8 Å². The Hall–Kier alpha value is -3.08. The Bertz CT molecular complexity index is 784. The molecule has 0 bridgehead atoms. The Morgan fingerprint density at radius 1 is 1.16 bits per heavy atom. The lowest BCUT2D eigenvalue weighted by atomic mass is 10.1. The number of aromatic nitrogens is 2. The minimum atomic E-state index is -0.110. The molecule has 25 heavy (non-hydrogen) atoms. The van der Waals surface area contributed by atoms with Crippen LogP contribution in [0, 0.1) is 0 Å². The number of benzene rings is 2. The third kappa shape index (κ3) is 4.70.